The predicted molar refractivity (Wildman–Crippen MR) is 99.5 cm³/mol. The van der Waals surface area contributed by atoms with Crippen LogP contribution in [0.15, 0.2) is 42.7 Å². The number of benzene rings is 1. The lowest BCUT2D eigenvalue weighted by molar-refractivity contribution is 0.0655. The third-order valence-electron chi connectivity index (χ3n) is 4.37. The van der Waals surface area contributed by atoms with Gasteiger partial charge in [-0.2, -0.15) is 0 Å². The quantitative estimate of drug-likeness (QED) is 0.863. The topological polar surface area (TPSA) is 63.7 Å². The third kappa shape index (κ3) is 4.32. The van der Waals surface area contributed by atoms with Gasteiger partial charge in [-0.05, 0) is 38.1 Å². The molecule has 1 atom stereocenters. The molecule has 6 nitrogen and oxygen atoms in total. The monoisotopic (exact) mass is 355 g/mol. The maximum absolute atomic E-state index is 12.9. The number of nitrogens with zero attached hydrogens (tertiary/aromatic N) is 2. The van der Waals surface area contributed by atoms with E-state index in [-0.39, 0.29) is 11.9 Å². The van der Waals surface area contributed by atoms with Crippen LogP contribution in [0.25, 0.3) is 0 Å². The third-order valence-corrected chi connectivity index (χ3v) is 4.37. The van der Waals surface area contributed by atoms with E-state index in [1.54, 1.807) is 24.5 Å². The van der Waals surface area contributed by atoms with E-state index in [2.05, 4.69) is 17.2 Å². The van der Waals surface area contributed by atoms with Crippen molar-refractivity contribution in [2.75, 3.05) is 26.2 Å². The molecule has 3 rings (SSSR count). The van der Waals surface area contributed by atoms with E-state index in [0.717, 1.165) is 18.7 Å². The van der Waals surface area contributed by atoms with Gasteiger partial charge in [0.1, 0.15) is 6.61 Å². The van der Waals surface area contributed by atoms with Crippen molar-refractivity contribution in [2.24, 2.45) is 0 Å². The van der Waals surface area contributed by atoms with E-state index in [1.807, 2.05) is 30.0 Å². The number of aromatic nitrogens is 1. The van der Waals surface area contributed by atoms with Crippen LogP contribution in [0.2, 0.25) is 0 Å². The van der Waals surface area contributed by atoms with Crippen LogP contribution in [0.4, 0.5) is 0 Å². The van der Waals surface area contributed by atoms with Gasteiger partial charge >= 0.3 is 0 Å². The maximum atomic E-state index is 12.9. The molecule has 2 heterocycles. The Morgan fingerprint density at radius 3 is 2.92 bits per heavy atom. The maximum Gasteiger partial charge on any atom is 0.254 e. The molecule has 0 aliphatic carbocycles. The van der Waals surface area contributed by atoms with E-state index < -0.39 is 0 Å². The number of nitrogens with one attached hydrogen (secondary N) is 1. The molecule has 138 valence electrons. The molecule has 1 aliphatic heterocycles. The highest BCUT2D eigenvalue weighted by Crippen LogP contribution is 2.30. The smallest absolute Gasteiger partial charge is 0.254 e. The van der Waals surface area contributed by atoms with Crippen molar-refractivity contribution in [3.8, 4) is 11.5 Å². The predicted octanol–water partition coefficient (Wildman–Crippen LogP) is 2.49. The summed E-state index contributed by atoms with van der Waals surface area (Å²) in [6, 6.07) is 9.39. The first-order chi connectivity index (χ1) is 12.7. The minimum absolute atomic E-state index is 0.0266. The number of piperazine rings is 1. The highest BCUT2D eigenvalue weighted by molar-refractivity contribution is 5.95. The van der Waals surface area contributed by atoms with Crippen LogP contribution in [0, 0.1) is 0 Å². The fourth-order valence-corrected chi connectivity index (χ4v) is 2.98. The van der Waals surface area contributed by atoms with Crippen molar-refractivity contribution in [1.29, 1.82) is 0 Å². The van der Waals surface area contributed by atoms with Crippen molar-refractivity contribution >= 4 is 5.91 Å². The minimum Gasteiger partial charge on any atom is -0.490 e. The Hall–Kier alpha value is -2.60. The van der Waals surface area contributed by atoms with Gasteiger partial charge in [-0.25, -0.2) is 0 Å². The first-order valence-corrected chi connectivity index (χ1v) is 8.99. The van der Waals surface area contributed by atoms with Gasteiger partial charge in [0.15, 0.2) is 11.5 Å². The highest BCUT2D eigenvalue weighted by Gasteiger charge is 2.24. The molecule has 2 aromatic rings. The first-order valence-electron chi connectivity index (χ1n) is 8.99. The summed E-state index contributed by atoms with van der Waals surface area (Å²) in [4.78, 5) is 18.8. The van der Waals surface area contributed by atoms with Crippen molar-refractivity contribution in [2.45, 2.75) is 26.5 Å². The molecular formula is C20H25N3O3. The first kappa shape index (κ1) is 18.2. The molecule has 1 amide bonds. The minimum atomic E-state index is 0.0266. The Kier molecular flexibility index (Phi) is 6.07. The zero-order valence-corrected chi connectivity index (χ0v) is 15.3. The van der Waals surface area contributed by atoms with Crippen LogP contribution < -0.4 is 14.8 Å². The van der Waals surface area contributed by atoms with Gasteiger partial charge in [0, 0.05) is 49.2 Å². The SMILES string of the molecule is CCOc1cc(C(=O)N2CCNC[C@H]2C)ccc1OCc1cccnc1. The van der Waals surface area contributed by atoms with Gasteiger partial charge in [0.25, 0.3) is 5.91 Å². The summed E-state index contributed by atoms with van der Waals surface area (Å²) in [6.07, 6.45) is 3.50. The molecule has 1 N–H and O–H groups in total. The number of carbonyl (C=O) groups excluding carboxylic acids is 1. The Labute approximate surface area is 154 Å². The van der Waals surface area contributed by atoms with E-state index in [9.17, 15) is 4.79 Å². The van der Waals surface area contributed by atoms with E-state index in [0.29, 0.717) is 36.8 Å². The molecule has 0 unspecified atom stereocenters. The molecule has 1 aromatic heterocycles. The molecule has 0 bridgehead atoms. The molecule has 0 saturated carbocycles. The highest BCUT2D eigenvalue weighted by atomic mass is 16.5. The Balaban J connectivity index is 1.76. The number of carbonyl (C=O) groups is 1. The number of amides is 1. The van der Waals surface area contributed by atoms with Gasteiger partial charge in [-0.1, -0.05) is 6.07 Å². The summed E-state index contributed by atoms with van der Waals surface area (Å²) < 4.78 is 11.6. The van der Waals surface area contributed by atoms with E-state index in [4.69, 9.17) is 9.47 Å². The summed E-state index contributed by atoms with van der Waals surface area (Å²) in [5.41, 5.74) is 1.60. The molecule has 0 radical (unpaired) electrons. The van der Waals surface area contributed by atoms with Gasteiger partial charge in [0.2, 0.25) is 0 Å². The summed E-state index contributed by atoms with van der Waals surface area (Å²) in [6.45, 7) is 7.22. The van der Waals surface area contributed by atoms with Crippen LogP contribution in [0.1, 0.15) is 29.8 Å². The Bertz CT molecular complexity index is 736. The van der Waals surface area contributed by atoms with Crippen molar-refractivity contribution in [3.63, 3.8) is 0 Å². The molecular weight excluding hydrogens is 330 g/mol. The molecule has 1 fully saturated rings. The number of hydrogen-bond donors (Lipinski definition) is 1. The van der Waals surface area contributed by atoms with Crippen LogP contribution in [0.5, 0.6) is 11.5 Å². The number of rotatable bonds is 6. The van der Waals surface area contributed by atoms with Crippen LogP contribution in [-0.4, -0.2) is 48.1 Å². The number of hydrogen-bond acceptors (Lipinski definition) is 5. The summed E-state index contributed by atoms with van der Waals surface area (Å²) in [5.74, 6) is 1.24. The summed E-state index contributed by atoms with van der Waals surface area (Å²) in [7, 11) is 0. The summed E-state index contributed by atoms with van der Waals surface area (Å²) in [5, 5.41) is 3.30. The number of ether oxygens (including phenoxy) is 2. The van der Waals surface area contributed by atoms with Crippen LogP contribution in [-0.2, 0) is 6.61 Å². The van der Waals surface area contributed by atoms with Gasteiger partial charge in [0.05, 0.1) is 6.61 Å². The second kappa shape index (κ2) is 8.67. The van der Waals surface area contributed by atoms with Crippen LogP contribution >= 0.6 is 0 Å². The van der Waals surface area contributed by atoms with Crippen molar-refractivity contribution in [3.05, 3.63) is 53.9 Å². The lowest BCUT2D eigenvalue weighted by atomic mass is 10.1. The lowest BCUT2D eigenvalue weighted by Crippen LogP contribution is -2.52. The van der Waals surface area contributed by atoms with E-state index >= 15 is 0 Å². The molecule has 26 heavy (non-hydrogen) atoms. The average molecular weight is 355 g/mol. The largest absolute Gasteiger partial charge is 0.490 e. The molecule has 6 heteroatoms. The second-order valence-electron chi connectivity index (χ2n) is 6.30. The zero-order valence-electron chi connectivity index (χ0n) is 15.3. The fourth-order valence-electron chi connectivity index (χ4n) is 2.98. The molecule has 1 aromatic carbocycles. The van der Waals surface area contributed by atoms with Gasteiger partial charge in [-0.15, -0.1) is 0 Å². The van der Waals surface area contributed by atoms with Gasteiger partial charge in [-0.3, -0.25) is 9.78 Å². The van der Waals surface area contributed by atoms with Crippen molar-refractivity contribution < 1.29 is 14.3 Å². The normalized spacial score (nSPS) is 17.0. The second-order valence-corrected chi connectivity index (χ2v) is 6.30. The Morgan fingerprint density at radius 2 is 2.19 bits per heavy atom. The molecule has 1 saturated heterocycles. The van der Waals surface area contributed by atoms with Crippen molar-refractivity contribution in [1.82, 2.24) is 15.2 Å². The Morgan fingerprint density at radius 1 is 1.31 bits per heavy atom. The molecule has 1 aliphatic rings. The number of pyridine rings is 1. The van der Waals surface area contributed by atoms with E-state index in [1.165, 1.54) is 0 Å². The van der Waals surface area contributed by atoms with Gasteiger partial charge < -0.3 is 19.7 Å². The van der Waals surface area contributed by atoms with Crippen LogP contribution in [0.3, 0.4) is 0 Å². The lowest BCUT2D eigenvalue weighted by Gasteiger charge is -2.34. The molecule has 0 spiro atoms. The fraction of sp³-hybridized carbons (Fsp3) is 0.400. The zero-order chi connectivity index (χ0) is 18.4. The standard InChI is InChI=1S/C20H25N3O3/c1-3-25-19-11-17(20(24)23-10-9-22-12-15(23)2)6-7-18(19)26-14-16-5-4-8-21-13-16/h4-8,11,13,15,22H,3,9-10,12,14H2,1-2H3/t15-/m1/s1. The summed E-state index contributed by atoms with van der Waals surface area (Å²) >= 11 is 0. The average Bonchev–Trinajstić information content (AvgIpc) is 2.68.